The average Bonchev–Trinajstić information content (AvgIpc) is 3.19. The van der Waals surface area contributed by atoms with Gasteiger partial charge in [0.25, 0.3) is 0 Å². The van der Waals surface area contributed by atoms with Crippen LogP contribution < -0.4 is 5.32 Å². The van der Waals surface area contributed by atoms with E-state index in [0.717, 1.165) is 42.4 Å². The highest BCUT2D eigenvalue weighted by Gasteiger charge is 2.27. The molecule has 0 aromatic carbocycles. The van der Waals surface area contributed by atoms with Crippen LogP contribution in [0.25, 0.3) is 11.2 Å². The van der Waals surface area contributed by atoms with E-state index in [1.54, 1.807) is 24.0 Å². The molecule has 3 aromatic heterocycles. The molecule has 4 rings (SSSR count). The topological polar surface area (TPSA) is 82.6 Å². The number of piperidine rings is 1. The molecular weight excluding hydrogens is 322 g/mol. The van der Waals surface area contributed by atoms with Gasteiger partial charge in [0, 0.05) is 36.8 Å². The number of likely N-dealkylation sites (tertiary alicyclic amines) is 1. The zero-order valence-corrected chi connectivity index (χ0v) is 14.7. The molecular formula is C16H21N7S. The predicted molar refractivity (Wildman–Crippen MR) is 95.0 cm³/mol. The van der Waals surface area contributed by atoms with Gasteiger partial charge in [-0.15, -0.1) is 11.3 Å². The third kappa shape index (κ3) is 3.11. The lowest BCUT2D eigenvalue weighted by atomic mass is 9.93. The number of H-pyrrole nitrogens is 1. The molecule has 2 N–H and O–H groups in total. The van der Waals surface area contributed by atoms with E-state index in [0.29, 0.717) is 17.6 Å². The van der Waals surface area contributed by atoms with Gasteiger partial charge in [0.2, 0.25) is 0 Å². The minimum atomic E-state index is 0.408. The number of thiazole rings is 1. The Morgan fingerprint density at radius 3 is 3.04 bits per heavy atom. The Morgan fingerprint density at radius 1 is 1.33 bits per heavy atom. The largest absolute Gasteiger partial charge is 0.365 e. The van der Waals surface area contributed by atoms with Crippen molar-refractivity contribution in [3.8, 4) is 0 Å². The molecule has 8 heteroatoms. The SMILES string of the molecule is Cc1ncc(CN2CC[C@@H](Nc3ncnc4nc[nH]c34)[C@H](C)C2)s1. The molecule has 0 aliphatic carbocycles. The van der Waals surface area contributed by atoms with Crippen molar-refractivity contribution in [3.63, 3.8) is 0 Å². The average molecular weight is 343 g/mol. The summed E-state index contributed by atoms with van der Waals surface area (Å²) in [7, 11) is 0. The number of imidazole rings is 1. The lowest BCUT2D eigenvalue weighted by Crippen LogP contribution is -2.44. The molecule has 126 valence electrons. The Labute approximate surface area is 144 Å². The summed E-state index contributed by atoms with van der Waals surface area (Å²) in [6.45, 7) is 7.51. The van der Waals surface area contributed by atoms with Gasteiger partial charge in [-0.05, 0) is 19.3 Å². The van der Waals surface area contributed by atoms with E-state index < -0.39 is 0 Å². The number of hydrogen-bond acceptors (Lipinski definition) is 7. The molecule has 0 saturated carbocycles. The highest BCUT2D eigenvalue weighted by molar-refractivity contribution is 7.11. The fourth-order valence-corrected chi connectivity index (χ4v) is 4.18. The third-order valence-corrected chi connectivity index (χ3v) is 5.48. The summed E-state index contributed by atoms with van der Waals surface area (Å²) < 4.78 is 0. The Bertz CT molecular complexity index is 827. The van der Waals surface area contributed by atoms with Crippen molar-refractivity contribution in [2.45, 2.75) is 32.9 Å². The van der Waals surface area contributed by atoms with Crippen LogP contribution in [0.1, 0.15) is 23.2 Å². The number of anilines is 1. The van der Waals surface area contributed by atoms with E-state index in [1.807, 2.05) is 6.20 Å². The third-order valence-electron chi connectivity index (χ3n) is 4.58. The zero-order chi connectivity index (χ0) is 16.5. The van der Waals surface area contributed by atoms with E-state index in [2.05, 4.69) is 49.0 Å². The molecule has 1 aliphatic heterocycles. The number of nitrogens with zero attached hydrogens (tertiary/aromatic N) is 5. The van der Waals surface area contributed by atoms with Gasteiger partial charge >= 0.3 is 0 Å². The van der Waals surface area contributed by atoms with Gasteiger partial charge < -0.3 is 10.3 Å². The summed E-state index contributed by atoms with van der Waals surface area (Å²) in [6.07, 6.45) is 6.33. The van der Waals surface area contributed by atoms with E-state index in [4.69, 9.17) is 0 Å². The van der Waals surface area contributed by atoms with Crippen LogP contribution in [-0.2, 0) is 6.54 Å². The van der Waals surface area contributed by atoms with Crippen molar-refractivity contribution < 1.29 is 0 Å². The van der Waals surface area contributed by atoms with Crippen LogP contribution in [0.4, 0.5) is 5.82 Å². The first-order valence-electron chi connectivity index (χ1n) is 8.23. The van der Waals surface area contributed by atoms with Gasteiger partial charge in [-0.3, -0.25) is 4.90 Å². The van der Waals surface area contributed by atoms with Gasteiger partial charge in [0.05, 0.1) is 11.3 Å². The highest BCUT2D eigenvalue weighted by atomic mass is 32.1. The molecule has 0 radical (unpaired) electrons. The molecule has 4 heterocycles. The van der Waals surface area contributed by atoms with E-state index in [-0.39, 0.29) is 0 Å². The minimum Gasteiger partial charge on any atom is -0.365 e. The van der Waals surface area contributed by atoms with Crippen molar-refractivity contribution >= 4 is 28.3 Å². The van der Waals surface area contributed by atoms with Crippen molar-refractivity contribution in [2.24, 2.45) is 5.92 Å². The first kappa shape index (κ1) is 15.5. The number of aromatic nitrogens is 5. The second-order valence-corrected chi connectivity index (χ2v) is 7.74. The number of fused-ring (bicyclic) bond motifs is 1. The summed E-state index contributed by atoms with van der Waals surface area (Å²) in [4.78, 5) is 24.1. The summed E-state index contributed by atoms with van der Waals surface area (Å²) >= 11 is 1.79. The zero-order valence-electron chi connectivity index (χ0n) is 13.9. The van der Waals surface area contributed by atoms with Gasteiger partial charge in [-0.1, -0.05) is 6.92 Å². The number of aryl methyl sites for hydroxylation is 1. The van der Waals surface area contributed by atoms with Gasteiger partial charge in [0.1, 0.15) is 11.8 Å². The predicted octanol–water partition coefficient (Wildman–Crippen LogP) is 2.44. The monoisotopic (exact) mass is 343 g/mol. The van der Waals surface area contributed by atoms with Crippen LogP contribution in [0.3, 0.4) is 0 Å². The molecule has 24 heavy (non-hydrogen) atoms. The molecule has 1 aliphatic rings. The smallest absolute Gasteiger partial charge is 0.182 e. The van der Waals surface area contributed by atoms with E-state index >= 15 is 0 Å². The van der Waals surface area contributed by atoms with E-state index in [1.165, 1.54) is 4.88 Å². The first-order chi connectivity index (χ1) is 11.7. The number of rotatable bonds is 4. The summed E-state index contributed by atoms with van der Waals surface area (Å²) in [5.74, 6) is 1.39. The fourth-order valence-electron chi connectivity index (χ4n) is 3.34. The maximum Gasteiger partial charge on any atom is 0.182 e. The Kier molecular flexibility index (Phi) is 4.15. The molecule has 1 saturated heterocycles. The molecule has 2 atom stereocenters. The Balaban J connectivity index is 1.41. The number of aromatic amines is 1. The quantitative estimate of drug-likeness (QED) is 0.757. The molecule has 0 bridgehead atoms. The first-order valence-corrected chi connectivity index (χ1v) is 9.05. The highest BCUT2D eigenvalue weighted by Crippen LogP contribution is 2.25. The standard InChI is InChI=1S/C16H21N7S/c1-10-6-23(7-12-5-17-11(2)24-12)4-3-13(10)22-16-14-15(19-8-18-14)20-9-21-16/h5,8-10,13H,3-4,6-7H2,1-2H3,(H2,18,19,20,21,22)/t10-,13-/m1/s1. The van der Waals surface area contributed by atoms with Gasteiger partial charge in [-0.2, -0.15) is 0 Å². The van der Waals surface area contributed by atoms with Crippen molar-refractivity contribution in [2.75, 3.05) is 18.4 Å². The summed E-state index contributed by atoms with van der Waals surface area (Å²) in [5, 5.41) is 4.73. The molecule has 0 amide bonds. The van der Waals surface area contributed by atoms with Crippen molar-refractivity contribution in [3.05, 3.63) is 28.7 Å². The molecule has 7 nitrogen and oxygen atoms in total. The number of nitrogens with one attached hydrogen (secondary N) is 2. The Morgan fingerprint density at radius 2 is 2.25 bits per heavy atom. The molecule has 0 unspecified atom stereocenters. The summed E-state index contributed by atoms with van der Waals surface area (Å²) in [5.41, 5.74) is 1.59. The van der Waals surface area contributed by atoms with Crippen LogP contribution in [0, 0.1) is 12.8 Å². The molecule has 3 aromatic rings. The lowest BCUT2D eigenvalue weighted by Gasteiger charge is -2.37. The summed E-state index contributed by atoms with van der Waals surface area (Å²) in [6, 6.07) is 0.408. The maximum absolute atomic E-state index is 4.38. The number of hydrogen-bond donors (Lipinski definition) is 2. The van der Waals surface area contributed by atoms with E-state index in [9.17, 15) is 0 Å². The second kappa shape index (κ2) is 6.45. The van der Waals surface area contributed by atoms with Crippen LogP contribution in [0.5, 0.6) is 0 Å². The lowest BCUT2D eigenvalue weighted by molar-refractivity contribution is 0.166. The van der Waals surface area contributed by atoms with Gasteiger partial charge in [0.15, 0.2) is 11.5 Å². The van der Waals surface area contributed by atoms with Crippen molar-refractivity contribution in [1.82, 2.24) is 29.8 Å². The van der Waals surface area contributed by atoms with Crippen molar-refractivity contribution in [1.29, 1.82) is 0 Å². The van der Waals surface area contributed by atoms with Crippen LogP contribution in [0.2, 0.25) is 0 Å². The second-order valence-electron chi connectivity index (χ2n) is 6.42. The fraction of sp³-hybridized carbons (Fsp3) is 0.500. The normalized spacial score (nSPS) is 22.1. The minimum absolute atomic E-state index is 0.408. The van der Waals surface area contributed by atoms with Crippen LogP contribution in [-0.4, -0.2) is 49.0 Å². The van der Waals surface area contributed by atoms with Crippen LogP contribution >= 0.6 is 11.3 Å². The molecule has 0 spiro atoms. The van der Waals surface area contributed by atoms with Crippen LogP contribution in [0.15, 0.2) is 18.9 Å². The maximum atomic E-state index is 4.38. The van der Waals surface area contributed by atoms with Gasteiger partial charge in [-0.25, -0.2) is 19.9 Å². The molecule has 1 fully saturated rings. The Hall–Kier alpha value is -2.06.